The van der Waals surface area contributed by atoms with Crippen LogP contribution in [0.2, 0.25) is 0 Å². The molecule has 2 aromatic rings. The van der Waals surface area contributed by atoms with Gasteiger partial charge in [0.25, 0.3) is 0 Å². The Bertz CT molecular complexity index is 756. The predicted octanol–water partition coefficient (Wildman–Crippen LogP) is 2.19. The SMILES string of the molecule is O[C@H]1[C@H](O)[C@@H](O)CN(CCCCCCOCc2ccccc2-c2ccccc2)C[C@@H]1O. The molecule has 0 bridgehead atoms. The molecule has 0 aliphatic carbocycles. The first-order chi connectivity index (χ1) is 15.1. The number of ether oxygens (including phenoxy) is 1. The van der Waals surface area contributed by atoms with E-state index in [1.807, 2.05) is 29.2 Å². The summed E-state index contributed by atoms with van der Waals surface area (Å²) < 4.78 is 5.91. The quantitative estimate of drug-likeness (QED) is 0.433. The van der Waals surface area contributed by atoms with Crippen molar-refractivity contribution in [2.24, 2.45) is 0 Å². The molecule has 4 N–H and O–H groups in total. The van der Waals surface area contributed by atoms with Gasteiger partial charge in [-0.15, -0.1) is 0 Å². The van der Waals surface area contributed by atoms with Gasteiger partial charge in [0.15, 0.2) is 0 Å². The number of rotatable bonds is 10. The second-order valence-electron chi connectivity index (χ2n) is 8.37. The van der Waals surface area contributed by atoms with E-state index < -0.39 is 24.4 Å². The van der Waals surface area contributed by atoms with Gasteiger partial charge in [0.2, 0.25) is 0 Å². The Morgan fingerprint density at radius 2 is 1.35 bits per heavy atom. The zero-order chi connectivity index (χ0) is 22.1. The minimum atomic E-state index is -1.30. The summed E-state index contributed by atoms with van der Waals surface area (Å²) in [6.45, 7) is 2.55. The van der Waals surface area contributed by atoms with Crippen LogP contribution in [0.1, 0.15) is 31.2 Å². The van der Waals surface area contributed by atoms with E-state index in [0.29, 0.717) is 13.2 Å². The lowest BCUT2D eigenvalue weighted by Gasteiger charge is -2.23. The number of aliphatic hydroxyl groups excluding tert-OH is 4. The summed E-state index contributed by atoms with van der Waals surface area (Å²) in [5.74, 6) is 0. The van der Waals surface area contributed by atoms with E-state index in [-0.39, 0.29) is 13.1 Å². The molecule has 0 aromatic heterocycles. The van der Waals surface area contributed by atoms with Crippen molar-refractivity contribution in [1.82, 2.24) is 4.90 Å². The lowest BCUT2D eigenvalue weighted by atomic mass is 10.0. The summed E-state index contributed by atoms with van der Waals surface area (Å²) in [6.07, 6.45) is -0.701. The van der Waals surface area contributed by atoms with Crippen LogP contribution in [0.4, 0.5) is 0 Å². The maximum Gasteiger partial charge on any atom is 0.110 e. The van der Waals surface area contributed by atoms with Crippen molar-refractivity contribution in [3.05, 3.63) is 60.2 Å². The number of β-amino-alcohol motifs (C(OH)–C–C–N with tert-alkyl or cyclic N) is 2. The van der Waals surface area contributed by atoms with Crippen molar-refractivity contribution in [2.75, 3.05) is 26.2 Å². The van der Waals surface area contributed by atoms with E-state index in [0.717, 1.165) is 32.2 Å². The number of nitrogens with zero attached hydrogens (tertiary/aromatic N) is 1. The third-order valence-corrected chi connectivity index (χ3v) is 5.90. The molecule has 1 aliphatic heterocycles. The molecule has 0 radical (unpaired) electrons. The molecule has 0 spiro atoms. The number of benzene rings is 2. The zero-order valence-electron chi connectivity index (χ0n) is 18.0. The predicted molar refractivity (Wildman–Crippen MR) is 120 cm³/mol. The normalized spacial score (nSPS) is 24.8. The zero-order valence-corrected chi connectivity index (χ0v) is 18.0. The average molecular weight is 430 g/mol. The smallest absolute Gasteiger partial charge is 0.110 e. The Kier molecular flexibility index (Phi) is 9.46. The van der Waals surface area contributed by atoms with Crippen LogP contribution in [0.25, 0.3) is 11.1 Å². The Balaban J connectivity index is 1.31. The fourth-order valence-electron chi connectivity index (χ4n) is 4.08. The van der Waals surface area contributed by atoms with Crippen LogP contribution in [-0.2, 0) is 11.3 Å². The van der Waals surface area contributed by atoms with Gasteiger partial charge in [0, 0.05) is 19.7 Å². The first kappa shape index (κ1) is 23.9. The first-order valence-corrected chi connectivity index (χ1v) is 11.2. The van der Waals surface area contributed by atoms with Crippen LogP contribution in [-0.4, -0.2) is 76.0 Å². The van der Waals surface area contributed by atoms with Crippen molar-refractivity contribution in [1.29, 1.82) is 0 Å². The molecule has 0 unspecified atom stereocenters. The molecule has 1 heterocycles. The Morgan fingerprint density at radius 3 is 2.06 bits per heavy atom. The molecular weight excluding hydrogens is 394 g/mol. The van der Waals surface area contributed by atoms with Crippen LogP contribution in [0, 0.1) is 0 Å². The summed E-state index contributed by atoms with van der Waals surface area (Å²) in [6, 6.07) is 18.7. The lowest BCUT2D eigenvalue weighted by Crippen LogP contribution is -2.43. The number of hydrogen-bond donors (Lipinski definition) is 4. The third-order valence-electron chi connectivity index (χ3n) is 5.90. The number of hydrogen-bond acceptors (Lipinski definition) is 6. The standard InChI is InChI=1S/C25H35NO5/c27-22-16-26(17-23(28)25(30)24(22)29)14-8-1-2-9-15-31-18-20-12-6-7-13-21(20)19-10-4-3-5-11-19/h3-7,10-13,22-25,27-30H,1-2,8-9,14-18H2/t22-,23-,24+,25+/m0/s1. The molecule has 1 saturated heterocycles. The van der Waals surface area contributed by atoms with E-state index in [9.17, 15) is 20.4 Å². The number of aliphatic hydroxyl groups is 4. The van der Waals surface area contributed by atoms with Gasteiger partial charge in [-0.1, -0.05) is 67.4 Å². The van der Waals surface area contributed by atoms with Crippen LogP contribution < -0.4 is 0 Å². The van der Waals surface area contributed by atoms with Crippen LogP contribution in [0.15, 0.2) is 54.6 Å². The number of likely N-dealkylation sites (tertiary alicyclic amines) is 1. The molecule has 3 rings (SSSR count). The van der Waals surface area contributed by atoms with Gasteiger partial charge in [-0.2, -0.15) is 0 Å². The van der Waals surface area contributed by atoms with Crippen molar-refractivity contribution < 1.29 is 25.2 Å². The molecule has 6 nitrogen and oxygen atoms in total. The average Bonchev–Trinajstić information content (AvgIpc) is 2.88. The molecule has 0 amide bonds. The maximum atomic E-state index is 9.92. The molecule has 6 heteroatoms. The van der Waals surface area contributed by atoms with E-state index in [1.165, 1.54) is 16.7 Å². The molecular formula is C25H35NO5. The molecule has 0 saturated carbocycles. The first-order valence-electron chi connectivity index (χ1n) is 11.2. The lowest BCUT2D eigenvalue weighted by molar-refractivity contribution is -0.0894. The van der Waals surface area contributed by atoms with Crippen molar-refractivity contribution in [3.8, 4) is 11.1 Å². The fraction of sp³-hybridized carbons (Fsp3) is 0.520. The highest BCUT2D eigenvalue weighted by molar-refractivity contribution is 5.66. The summed E-state index contributed by atoms with van der Waals surface area (Å²) in [5, 5.41) is 39.4. The van der Waals surface area contributed by atoms with Crippen LogP contribution >= 0.6 is 0 Å². The monoisotopic (exact) mass is 429 g/mol. The van der Waals surface area contributed by atoms with Gasteiger partial charge < -0.3 is 25.2 Å². The van der Waals surface area contributed by atoms with E-state index in [4.69, 9.17) is 4.74 Å². The highest BCUT2D eigenvalue weighted by Crippen LogP contribution is 2.24. The van der Waals surface area contributed by atoms with Crippen molar-refractivity contribution >= 4 is 0 Å². The van der Waals surface area contributed by atoms with Gasteiger partial charge in [0.1, 0.15) is 12.2 Å². The summed E-state index contributed by atoms with van der Waals surface area (Å²) in [4.78, 5) is 1.91. The molecule has 1 aliphatic rings. The summed E-state index contributed by atoms with van der Waals surface area (Å²) in [5.41, 5.74) is 3.60. The topological polar surface area (TPSA) is 93.4 Å². The van der Waals surface area contributed by atoms with Crippen LogP contribution in [0.3, 0.4) is 0 Å². The van der Waals surface area contributed by atoms with Gasteiger partial charge in [-0.05, 0) is 36.1 Å². The minimum absolute atomic E-state index is 0.263. The molecule has 170 valence electrons. The van der Waals surface area contributed by atoms with Gasteiger partial charge in [0.05, 0.1) is 18.8 Å². The second-order valence-corrected chi connectivity index (χ2v) is 8.37. The van der Waals surface area contributed by atoms with Crippen molar-refractivity contribution in [2.45, 2.75) is 56.7 Å². The Hall–Kier alpha value is -1.80. The van der Waals surface area contributed by atoms with Gasteiger partial charge in [-0.25, -0.2) is 0 Å². The van der Waals surface area contributed by atoms with E-state index in [1.54, 1.807) is 0 Å². The van der Waals surface area contributed by atoms with Gasteiger partial charge >= 0.3 is 0 Å². The molecule has 31 heavy (non-hydrogen) atoms. The van der Waals surface area contributed by atoms with Gasteiger partial charge in [-0.3, -0.25) is 4.90 Å². The largest absolute Gasteiger partial charge is 0.389 e. The third kappa shape index (κ3) is 7.10. The highest BCUT2D eigenvalue weighted by atomic mass is 16.5. The van der Waals surface area contributed by atoms with E-state index in [2.05, 4.69) is 30.3 Å². The van der Waals surface area contributed by atoms with E-state index >= 15 is 0 Å². The second kappa shape index (κ2) is 12.3. The molecule has 2 aromatic carbocycles. The minimum Gasteiger partial charge on any atom is -0.389 e. The molecule has 4 atom stereocenters. The summed E-state index contributed by atoms with van der Waals surface area (Å²) in [7, 11) is 0. The van der Waals surface area contributed by atoms with Crippen molar-refractivity contribution in [3.63, 3.8) is 0 Å². The maximum absolute atomic E-state index is 9.92. The highest BCUT2D eigenvalue weighted by Gasteiger charge is 2.35. The Labute approximate surface area is 184 Å². The number of unbranched alkanes of at least 4 members (excludes halogenated alkanes) is 3. The summed E-state index contributed by atoms with van der Waals surface area (Å²) >= 11 is 0. The van der Waals surface area contributed by atoms with Crippen LogP contribution in [0.5, 0.6) is 0 Å². The fourth-order valence-corrected chi connectivity index (χ4v) is 4.08. The Morgan fingerprint density at radius 1 is 0.742 bits per heavy atom. The molecule has 1 fully saturated rings.